The zero-order chi connectivity index (χ0) is 9.19. The molecule has 1 rings (SSSR count). The van der Waals surface area contributed by atoms with Gasteiger partial charge in [0.05, 0.1) is 12.7 Å². The van der Waals surface area contributed by atoms with Gasteiger partial charge >= 0.3 is 0 Å². The first-order chi connectivity index (χ1) is 5.59. The Labute approximate surface area is 73.8 Å². The molecule has 0 bridgehead atoms. The normalized spacial score (nSPS) is 26.0. The maximum atomic E-state index is 9.26. The van der Waals surface area contributed by atoms with E-state index in [1.807, 2.05) is 6.92 Å². The van der Waals surface area contributed by atoms with Crippen molar-refractivity contribution < 1.29 is 10.2 Å². The van der Waals surface area contributed by atoms with Crippen LogP contribution in [0.3, 0.4) is 0 Å². The first kappa shape index (κ1) is 9.96. The number of hydrogen-bond donors (Lipinski definition) is 3. The Morgan fingerprint density at radius 1 is 1.42 bits per heavy atom. The van der Waals surface area contributed by atoms with Crippen molar-refractivity contribution in [3.8, 4) is 0 Å². The molecule has 0 saturated heterocycles. The van der Waals surface area contributed by atoms with Gasteiger partial charge in [-0.15, -0.1) is 0 Å². The topological polar surface area (TPSA) is 52.5 Å². The van der Waals surface area contributed by atoms with Crippen LogP contribution in [0.15, 0.2) is 0 Å². The molecule has 3 nitrogen and oxygen atoms in total. The Kier molecular flexibility index (Phi) is 3.09. The molecule has 0 radical (unpaired) electrons. The highest BCUT2D eigenvalue weighted by Crippen LogP contribution is 2.31. The summed E-state index contributed by atoms with van der Waals surface area (Å²) in [7, 11) is 0. The van der Waals surface area contributed by atoms with Gasteiger partial charge in [0.2, 0.25) is 0 Å². The first-order valence-corrected chi connectivity index (χ1v) is 4.66. The SMILES string of the molecule is CC(O)C(C)NC1(CO)CCC1. The molecule has 0 aliphatic heterocycles. The molecule has 12 heavy (non-hydrogen) atoms. The zero-order valence-electron chi connectivity index (χ0n) is 7.88. The summed E-state index contributed by atoms with van der Waals surface area (Å²) in [5.74, 6) is 0. The predicted octanol–water partition coefficient (Wildman–Crippen LogP) is 0.260. The van der Waals surface area contributed by atoms with E-state index in [2.05, 4.69) is 5.32 Å². The van der Waals surface area contributed by atoms with E-state index in [0.29, 0.717) is 0 Å². The fourth-order valence-corrected chi connectivity index (χ4v) is 1.56. The quantitative estimate of drug-likeness (QED) is 0.571. The van der Waals surface area contributed by atoms with Gasteiger partial charge in [0.1, 0.15) is 0 Å². The Hall–Kier alpha value is -0.120. The number of aliphatic hydroxyl groups is 2. The second kappa shape index (κ2) is 3.73. The van der Waals surface area contributed by atoms with E-state index in [-0.39, 0.29) is 24.3 Å². The molecule has 0 aromatic heterocycles. The van der Waals surface area contributed by atoms with E-state index in [1.165, 1.54) is 6.42 Å². The summed E-state index contributed by atoms with van der Waals surface area (Å²) < 4.78 is 0. The lowest BCUT2D eigenvalue weighted by atomic mass is 9.77. The molecule has 2 atom stereocenters. The second-order valence-corrected chi connectivity index (χ2v) is 3.97. The van der Waals surface area contributed by atoms with Gasteiger partial charge in [-0.05, 0) is 33.1 Å². The molecule has 0 spiro atoms. The number of aliphatic hydroxyl groups excluding tert-OH is 2. The minimum Gasteiger partial charge on any atom is -0.394 e. The van der Waals surface area contributed by atoms with Gasteiger partial charge in [-0.1, -0.05) is 0 Å². The Balaban J connectivity index is 2.37. The molecular formula is C9H19NO2. The van der Waals surface area contributed by atoms with E-state index < -0.39 is 0 Å². The maximum absolute atomic E-state index is 9.26. The fourth-order valence-electron chi connectivity index (χ4n) is 1.56. The highest BCUT2D eigenvalue weighted by Gasteiger charge is 2.37. The molecule has 1 fully saturated rings. The standard InChI is InChI=1S/C9H19NO2/c1-7(8(2)12)10-9(6-11)4-3-5-9/h7-8,10-12H,3-6H2,1-2H3. The van der Waals surface area contributed by atoms with Crippen LogP contribution < -0.4 is 5.32 Å². The van der Waals surface area contributed by atoms with Crippen molar-refractivity contribution in [3.63, 3.8) is 0 Å². The van der Waals surface area contributed by atoms with Gasteiger partial charge < -0.3 is 15.5 Å². The van der Waals surface area contributed by atoms with Crippen LogP contribution in [0.2, 0.25) is 0 Å². The highest BCUT2D eigenvalue weighted by atomic mass is 16.3. The molecule has 3 heteroatoms. The lowest BCUT2D eigenvalue weighted by molar-refractivity contribution is 0.0505. The average molecular weight is 173 g/mol. The third-order valence-corrected chi connectivity index (χ3v) is 2.87. The van der Waals surface area contributed by atoms with Crippen LogP contribution >= 0.6 is 0 Å². The predicted molar refractivity (Wildman–Crippen MR) is 47.9 cm³/mol. The van der Waals surface area contributed by atoms with Gasteiger partial charge in [0.25, 0.3) is 0 Å². The van der Waals surface area contributed by atoms with Crippen LogP contribution in [0.1, 0.15) is 33.1 Å². The number of hydrogen-bond acceptors (Lipinski definition) is 3. The molecule has 1 aliphatic carbocycles. The molecule has 1 saturated carbocycles. The van der Waals surface area contributed by atoms with Crippen molar-refractivity contribution in [2.45, 2.75) is 50.8 Å². The number of rotatable bonds is 4. The average Bonchev–Trinajstić information content (AvgIpc) is 1.96. The van der Waals surface area contributed by atoms with Gasteiger partial charge in [0.15, 0.2) is 0 Å². The largest absolute Gasteiger partial charge is 0.394 e. The van der Waals surface area contributed by atoms with Crippen molar-refractivity contribution in [2.24, 2.45) is 0 Å². The maximum Gasteiger partial charge on any atom is 0.0662 e. The van der Waals surface area contributed by atoms with Crippen LogP contribution in [0.4, 0.5) is 0 Å². The zero-order valence-corrected chi connectivity index (χ0v) is 7.88. The van der Waals surface area contributed by atoms with Crippen molar-refractivity contribution in [1.29, 1.82) is 0 Å². The third-order valence-electron chi connectivity index (χ3n) is 2.87. The summed E-state index contributed by atoms with van der Waals surface area (Å²) in [6, 6.07) is 0.0671. The first-order valence-electron chi connectivity index (χ1n) is 4.66. The number of nitrogens with one attached hydrogen (secondary N) is 1. The van der Waals surface area contributed by atoms with E-state index in [0.717, 1.165) is 12.8 Å². The van der Waals surface area contributed by atoms with Crippen LogP contribution in [0.5, 0.6) is 0 Å². The molecule has 1 aliphatic rings. The Morgan fingerprint density at radius 2 is 2.00 bits per heavy atom. The van der Waals surface area contributed by atoms with Gasteiger partial charge in [-0.3, -0.25) is 0 Å². The summed E-state index contributed by atoms with van der Waals surface area (Å²) in [5, 5.41) is 21.7. The summed E-state index contributed by atoms with van der Waals surface area (Å²) >= 11 is 0. The minimum absolute atomic E-state index is 0.0671. The molecule has 0 heterocycles. The van der Waals surface area contributed by atoms with E-state index in [1.54, 1.807) is 6.92 Å². The molecule has 3 N–H and O–H groups in total. The van der Waals surface area contributed by atoms with E-state index in [4.69, 9.17) is 5.11 Å². The van der Waals surface area contributed by atoms with E-state index >= 15 is 0 Å². The van der Waals surface area contributed by atoms with Crippen LogP contribution in [0.25, 0.3) is 0 Å². The van der Waals surface area contributed by atoms with Crippen LogP contribution in [-0.4, -0.2) is 34.5 Å². The summed E-state index contributed by atoms with van der Waals surface area (Å²) in [4.78, 5) is 0. The minimum atomic E-state index is -0.353. The summed E-state index contributed by atoms with van der Waals surface area (Å²) in [5.41, 5.74) is -0.0869. The van der Waals surface area contributed by atoms with Crippen LogP contribution in [0, 0.1) is 0 Å². The smallest absolute Gasteiger partial charge is 0.0662 e. The van der Waals surface area contributed by atoms with Gasteiger partial charge in [0, 0.05) is 11.6 Å². The summed E-state index contributed by atoms with van der Waals surface area (Å²) in [6.07, 6.45) is 2.88. The Bertz CT molecular complexity index is 138. The fraction of sp³-hybridized carbons (Fsp3) is 1.00. The summed E-state index contributed by atoms with van der Waals surface area (Å²) in [6.45, 7) is 3.89. The van der Waals surface area contributed by atoms with Gasteiger partial charge in [-0.25, -0.2) is 0 Å². The lowest BCUT2D eigenvalue weighted by Crippen LogP contribution is -2.59. The molecular weight excluding hydrogens is 154 g/mol. The van der Waals surface area contributed by atoms with Crippen molar-refractivity contribution in [1.82, 2.24) is 5.32 Å². The molecule has 0 aromatic carbocycles. The van der Waals surface area contributed by atoms with Crippen LogP contribution in [-0.2, 0) is 0 Å². The highest BCUT2D eigenvalue weighted by molar-refractivity contribution is 4.97. The lowest BCUT2D eigenvalue weighted by Gasteiger charge is -2.43. The van der Waals surface area contributed by atoms with E-state index in [9.17, 15) is 5.11 Å². The third kappa shape index (κ3) is 1.97. The molecule has 2 unspecified atom stereocenters. The van der Waals surface area contributed by atoms with Crippen molar-refractivity contribution >= 4 is 0 Å². The molecule has 0 amide bonds. The molecule has 72 valence electrons. The Morgan fingerprint density at radius 3 is 2.25 bits per heavy atom. The second-order valence-electron chi connectivity index (χ2n) is 3.97. The van der Waals surface area contributed by atoms with Gasteiger partial charge in [-0.2, -0.15) is 0 Å². The van der Waals surface area contributed by atoms with Crippen molar-refractivity contribution in [2.75, 3.05) is 6.61 Å². The molecule has 0 aromatic rings. The monoisotopic (exact) mass is 173 g/mol. The van der Waals surface area contributed by atoms with Crippen molar-refractivity contribution in [3.05, 3.63) is 0 Å².